The number of benzene rings is 1. The zero-order valence-corrected chi connectivity index (χ0v) is 11.7. The van der Waals surface area contributed by atoms with Gasteiger partial charge in [-0.15, -0.1) is 0 Å². The Kier molecular flexibility index (Phi) is 2.42. The van der Waals surface area contributed by atoms with Gasteiger partial charge < -0.3 is 10.3 Å². The van der Waals surface area contributed by atoms with Crippen LogP contribution in [0, 0.1) is 0 Å². The normalized spacial score (nSPS) is 16.0. The molecular formula is C15H15N5O. The number of hydrogen-bond acceptors (Lipinski definition) is 5. The van der Waals surface area contributed by atoms with E-state index in [0.29, 0.717) is 11.7 Å². The van der Waals surface area contributed by atoms with Gasteiger partial charge in [-0.3, -0.25) is 4.68 Å². The van der Waals surface area contributed by atoms with Gasteiger partial charge in [0, 0.05) is 18.9 Å². The van der Waals surface area contributed by atoms with E-state index in [-0.39, 0.29) is 5.41 Å². The maximum absolute atomic E-state index is 5.75. The van der Waals surface area contributed by atoms with Crippen molar-refractivity contribution in [1.82, 2.24) is 19.9 Å². The van der Waals surface area contributed by atoms with E-state index in [4.69, 9.17) is 10.3 Å². The number of rotatable bonds is 3. The van der Waals surface area contributed by atoms with Crippen LogP contribution in [0.15, 0.2) is 41.2 Å². The SMILES string of the molecule is Cn1cc(-c2noc(C3(c4ccc(N)cc4)CC3)n2)cn1. The van der Waals surface area contributed by atoms with E-state index in [2.05, 4.69) is 15.2 Å². The highest BCUT2D eigenvalue weighted by Crippen LogP contribution is 2.53. The van der Waals surface area contributed by atoms with Crippen LogP contribution in [-0.4, -0.2) is 19.9 Å². The molecular weight excluding hydrogens is 266 g/mol. The summed E-state index contributed by atoms with van der Waals surface area (Å²) >= 11 is 0. The van der Waals surface area contributed by atoms with Crippen molar-refractivity contribution in [1.29, 1.82) is 0 Å². The van der Waals surface area contributed by atoms with Crippen molar-refractivity contribution < 1.29 is 4.52 Å². The van der Waals surface area contributed by atoms with Crippen LogP contribution in [0.25, 0.3) is 11.4 Å². The third-order valence-corrected chi connectivity index (χ3v) is 4.01. The lowest BCUT2D eigenvalue weighted by atomic mass is 9.96. The van der Waals surface area contributed by atoms with E-state index in [0.717, 1.165) is 24.1 Å². The van der Waals surface area contributed by atoms with E-state index in [1.165, 1.54) is 5.56 Å². The fourth-order valence-corrected chi connectivity index (χ4v) is 2.62. The largest absolute Gasteiger partial charge is 0.399 e. The van der Waals surface area contributed by atoms with E-state index in [1.807, 2.05) is 37.5 Å². The predicted octanol–water partition coefficient (Wildman–Crippen LogP) is 2.13. The summed E-state index contributed by atoms with van der Waals surface area (Å²) < 4.78 is 7.23. The zero-order chi connectivity index (χ0) is 14.4. The fourth-order valence-electron chi connectivity index (χ4n) is 2.62. The van der Waals surface area contributed by atoms with Crippen molar-refractivity contribution >= 4 is 5.69 Å². The first-order valence-electron chi connectivity index (χ1n) is 6.87. The van der Waals surface area contributed by atoms with Crippen molar-refractivity contribution in [3.63, 3.8) is 0 Å². The van der Waals surface area contributed by atoms with Crippen molar-refractivity contribution in [2.24, 2.45) is 7.05 Å². The summed E-state index contributed by atoms with van der Waals surface area (Å²) in [5.41, 5.74) is 8.41. The van der Waals surface area contributed by atoms with E-state index in [9.17, 15) is 0 Å². The van der Waals surface area contributed by atoms with E-state index in [1.54, 1.807) is 10.9 Å². The van der Waals surface area contributed by atoms with Gasteiger partial charge in [0.2, 0.25) is 11.7 Å². The Morgan fingerprint density at radius 2 is 2.00 bits per heavy atom. The lowest BCUT2D eigenvalue weighted by Crippen LogP contribution is -2.09. The number of nitrogen functional groups attached to an aromatic ring is 1. The van der Waals surface area contributed by atoms with Gasteiger partial charge in [-0.05, 0) is 30.5 Å². The van der Waals surface area contributed by atoms with Gasteiger partial charge in [-0.2, -0.15) is 10.1 Å². The molecule has 1 aromatic carbocycles. The van der Waals surface area contributed by atoms with Crippen LogP contribution in [0.4, 0.5) is 5.69 Å². The second-order valence-corrected chi connectivity index (χ2v) is 5.53. The molecule has 0 aliphatic heterocycles. The highest BCUT2D eigenvalue weighted by molar-refractivity contribution is 5.52. The molecule has 2 heterocycles. The molecule has 3 aromatic rings. The molecule has 21 heavy (non-hydrogen) atoms. The number of hydrogen-bond donors (Lipinski definition) is 1. The second-order valence-electron chi connectivity index (χ2n) is 5.53. The smallest absolute Gasteiger partial charge is 0.237 e. The molecule has 0 unspecified atom stereocenters. The number of anilines is 1. The molecule has 0 atom stereocenters. The number of nitrogens with zero attached hydrogens (tertiary/aromatic N) is 4. The molecule has 0 saturated heterocycles. The second kappa shape index (κ2) is 4.18. The van der Waals surface area contributed by atoms with Gasteiger partial charge in [0.05, 0.1) is 17.2 Å². The van der Waals surface area contributed by atoms with Gasteiger partial charge in [-0.25, -0.2) is 0 Å². The number of aryl methyl sites for hydroxylation is 1. The van der Waals surface area contributed by atoms with Gasteiger partial charge in [0.1, 0.15) is 0 Å². The molecule has 0 amide bonds. The molecule has 1 aliphatic carbocycles. The lowest BCUT2D eigenvalue weighted by molar-refractivity contribution is 0.360. The number of nitrogens with two attached hydrogens (primary N) is 1. The molecule has 0 bridgehead atoms. The van der Waals surface area contributed by atoms with Crippen LogP contribution in [0.1, 0.15) is 24.3 Å². The first-order chi connectivity index (χ1) is 10.2. The molecule has 4 rings (SSSR count). The Labute approximate surface area is 121 Å². The molecule has 1 saturated carbocycles. The van der Waals surface area contributed by atoms with Crippen molar-refractivity contribution in [3.05, 3.63) is 48.1 Å². The van der Waals surface area contributed by atoms with Gasteiger partial charge in [-0.1, -0.05) is 17.3 Å². The Bertz CT molecular complexity index is 783. The summed E-state index contributed by atoms with van der Waals surface area (Å²) in [5.74, 6) is 1.26. The quantitative estimate of drug-likeness (QED) is 0.744. The zero-order valence-electron chi connectivity index (χ0n) is 11.7. The fraction of sp³-hybridized carbons (Fsp3) is 0.267. The third kappa shape index (κ3) is 1.91. The molecule has 6 heteroatoms. The van der Waals surface area contributed by atoms with Crippen LogP contribution in [0.3, 0.4) is 0 Å². The molecule has 1 fully saturated rings. The monoisotopic (exact) mass is 281 g/mol. The molecule has 1 aliphatic rings. The van der Waals surface area contributed by atoms with Crippen molar-refractivity contribution in [2.45, 2.75) is 18.3 Å². The predicted molar refractivity (Wildman–Crippen MR) is 77.4 cm³/mol. The minimum atomic E-state index is -0.138. The lowest BCUT2D eigenvalue weighted by Gasteiger charge is -2.10. The maximum atomic E-state index is 5.75. The highest BCUT2D eigenvalue weighted by atomic mass is 16.5. The summed E-state index contributed by atoms with van der Waals surface area (Å²) in [6.07, 6.45) is 5.64. The topological polar surface area (TPSA) is 82.8 Å². The van der Waals surface area contributed by atoms with Crippen LogP contribution in [0.5, 0.6) is 0 Å². The summed E-state index contributed by atoms with van der Waals surface area (Å²) in [4.78, 5) is 4.56. The Hall–Kier alpha value is -2.63. The Balaban J connectivity index is 1.70. The van der Waals surface area contributed by atoms with E-state index >= 15 is 0 Å². The Morgan fingerprint density at radius 1 is 1.24 bits per heavy atom. The van der Waals surface area contributed by atoms with Gasteiger partial charge >= 0.3 is 0 Å². The van der Waals surface area contributed by atoms with Crippen LogP contribution >= 0.6 is 0 Å². The molecule has 6 nitrogen and oxygen atoms in total. The highest BCUT2D eigenvalue weighted by Gasteiger charge is 2.51. The van der Waals surface area contributed by atoms with Crippen LogP contribution < -0.4 is 5.73 Å². The first-order valence-corrected chi connectivity index (χ1v) is 6.87. The van der Waals surface area contributed by atoms with Gasteiger partial charge in [0.15, 0.2) is 0 Å². The summed E-state index contributed by atoms with van der Waals surface area (Å²) in [6, 6.07) is 7.90. The third-order valence-electron chi connectivity index (χ3n) is 4.01. The van der Waals surface area contributed by atoms with Crippen molar-refractivity contribution in [3.8, 4) is 11.4 Å². The standard InChI is InChI=1S/C15H15N5O/c1-20-9-10(8-17-20)13-18-14(21-19-13)15(6-7-15)11-2-4-12(16)5-3-11/h2-5,8-9H,6-7,16H2,1H3. The summed E-state index contributed by atoms with van der Waals surface area (Å²) in [6.45, 7) is 0. The average Bonchev–Trinajstić information content (AvgIpc) is 2.94. The molecule has 0 spiro atoms. The average molecular weight is 281 g/mol. The van der Waals surface area contributed by atoms with E-state index < -0.39 is 0 Å². The minimum Gasteiger partial charge on any atom is -0.399 e. The molecule has 2 N–H and O–H groups in total. The number of aromatic nitrogens is 4. The maximum Gasteiger partial charge on any atom is 0.237 e. The van der Waals surface area contributed by atoms with Crippen LogP contribution in [0.2, 0.25) is 0 Å². The van der Waals surface area contributed by atoms with Gasteiger partial charge in [0.25, 0.3) is 0 Å². The summed E-state index contributed by atoms with van der Waals surface area (Å²) in [7, 11) is 1.86. The van der Waals surface area contributed by atoms with Crippen LogP contribution in [-0.2, 0) is 12.5 Å². The Morgan fingerprint density at radius 3 is 2.62 bits per heavy atom. The first kappa shape index (κ1) is 12.1. The van der Waals surface area contributed by atoms with Crippen molar-refractivity contribution in [2.75, 3.05) is 5.73 Å². The minimum absolute atomic E-state index is 0.138. The molecule has 106 valence electrons. The summed E-state index contributed by atoms with van der Waals surface area (Å²) in [5, 5.41) is 8.21. The molecule has 0 radical (unpaired) electrons. The molecule has 2 aromatic heterocycles.